The van der Waals surface area contributed by atoms with Gasteiger partial charge in [0.2, 0.25) is 0 Å². The van der Waals surface area contributed by atoms with Crippen LogP contribution in [0.4, 0.5) is 0 Å². The molecule has 0 aromatic heterocycles. The fraction of sp³-hybridized carbons (Fsp3) is 0.941. The van der Waals surface area contributed by atoms with E-state index in [1.165, 1.54) is 44.9 Å². The predicted molar refractivity (Wildman–Crippen MR) is 108 cm³/mol. The lowest BCUT2D eigenvalue weighted by Gasteiger charge is -2.12. The van der Waals surface area contributed by atoms with Gasteiger partial charge in [-0.1, -0.05) is 38.5 Å². The van der Waals surface area contributed by atoms with Gasteiger partial charge in [-0.2, -0.15) is 0 Å². The third kappa shape index (κ3) is 12.9. The number of methoxy groups -OCH3 is 1. The molecule has 1 rings (SSSR count). The number of unbranched alkanes of at least 4 members (excludes halogenated alkanes) is 1. The van der Waals surface area contributed by atoms with Crippen molar-refractivity contribution in [3.05, 3.63) is 0 Å². The number of rotatable bonds is 12. The van der Waals surface area contributed by atoms with Crippen molar-refractivity contribution in [1.82, 2.24) is 10.6 Å². The van der Waals surface area contributed by atoms with E-state index in [4.69, 9.17) is 9.47 Å². The minimum atomic E-state index is 0. The van der Waals surface area contributed by atoms with Crippen LogP contribution in [0.5, 0.6) is 0 Å². The Morgan fingerprint density at radius 3 is 2.57 bits per heavy atom. The third-order valence-corrected chi connectivity index (χ3v) is 4.08. The van der Waals surface area contributed by atoms with Gasteiger partial charge in [-0.15, -0.1) is 24.0 Å². The Kier molecular flexibility index (Phi) is 16.7. The highest BCUT2D eigenvalue weighted by Gasteiger charge is 2.13. The van der Waals surface area contributed by atoms with Crippen LogP contribution in [0, 0.1) is 5.92 Å². The molecule has 0 aromatic rings. The van der Waals surface area contributed by atoms with Gasteiger partial charge >= 0.3 is 0 Å². The highest BCUT2D eigenvalue weighted by Crippen LogP contribution is 2.28. The molecule has 0 bridgehead atoms. The molecule has 138 valence electrons. The summed E-state index contributed by atoms with van der Waals surface area (Å²) in [7, 11) is 1.68. The van der Waals surface area contributed by atoms with Crippen LogP contribution in [-0.2, 0) is 9.47 Å². The molecule has 5 nitrogen and oxygen atoms in total. The summed E-state index contributed by atoms with van der Waals surface area (Å²) >= 11 is 0. The topological polar surface area (TPSA) is 54.9 Å². The van der Waals surface area contributed by atoms with Crippen molar-refractivity contribution in [3.8, 4) is 0 Å². The normalized spacial score (nSPS) is 15.5. The fourth-order valence-electron chi connectivity index (χ4n) is 2.86. The second kappa shape index (κ2) is 16.8. The van der Waals surface area contributed by atoms with Crippen molar-refractivity contribution in [1.29, 1.82) is 0 Å². The first kappa shape index (κ1) is 22.9. The van der Waals surface area contributed by atoms with Gasteiger partial charge in [-0.3, -0.25) is 4.99 Å². The van der Waals surface area contributed by atoms with E-state index in [1.807, 2.05) is 0 Å². The van der Waals surface area contributed by atoms with Crippen LogP contribution in [0.1, 0.15) is 51.9 Å². The van der Waals surface area contributed by atoms with E-state index in [9.17, 15) is 0 Å². The predicted octanol–water partition coefficient (Wildman–Crippen LogP) is 3.18. The minimum Gasteiger partial charge on any atom is -0.382 e. The van der Waals surface area contributed by atoms with Gasteiger partial charge < -0.3 is 20.1 Å². The molecule has 6 heteroatoms. The van der Waals surface area contributed by atoms with Crippen LogP contribution in [0.2, 0.25) is 0 Å². The lowest BCUT2D eigenvalue weighted by molar-refractivity contribution is 0.0733. The summed E-state index contributed by atoms with van der Waals surface area (Å²) in [5.74, 6) is 1.90. The highest BCUT2D eigenvalue weighted by atomic mass is 127. The van der Waals surface area contributed by atoms with E-state index in [0.29, 0.717) is 19.8 Å². The largest absolute Gasteiger partial charge is 0.382 e. The van der Waals surface area contributed by atoms with Crippen molar-refractivity contribution in [3.63, 3.8) is 0 Å². The molecule has 0 amide bonds. The van der Waals surface area contributed by atoms with Crippen LogP contribution < -0.4 is 10.6 Å². The van der Waals surface area contributed by atoms with Gasteiger partial charge in [-0.25, -0.2) is 0 Å². The summed E-state index contributed by atoms with van der Waals surface area (Å²) in [6.45, 7) is 6.63. The molecular weight excluding hydrogens is 405 g/mol. The van der Waals surface area contributed by atoms with Crippen molar-refractivity contribution >= 4 is 29.9 Å². The number of guanidine groups is 1. The summed E-state index contributed by atoms with van der Waals surface area (Å²) < 4.78 is 10.4. The molecule has 0 spiro atoms. The van der Waals surface area contributed by atoms with E-state index in [0.717, 1.165) is 31.5 Å². The Morgan fingerprint density at radius 1 is 1.09 bits per heavy atom. The highest BCUT2D eigenvalue weighted by molar-refractivity contribution is 14.0. The molecule has 23 heavy (non-hydrogen) atoms. The first-order chi connectivity index (χ1) is 10.9. The van der Waals surface area contributed by atoms with Gasteiger partial charge in [0.05, 0.1) is 19.8 Å². The Morgan fingerprint density at radius 2 is 1.87 bits per heavy atom. The van der Waals surface area contributed by atoms with Crippen LogP contribution in [0.25, 0.3) is 0 Å². The van der Waals surface area contributed by atoms with E-state index < -0.39 is 0 Å². The first-order valence-electron chi connectivity index (χ1n) is 8.95. The van der Waals surface area contributed by atoms with Gasteiger partial charge in [0.15, 0.2) is 5.96 Å². The van der Waals surface area contributed by atoms with Crippen molar-refractivity contribution in [2.24, 2.45) is 10.9 Å². The third-order valence-electron chi connectivity index (χ3n) is 4.08. The molecule has 1 aliphatic carbocycles. The molecule has 0 saturated heterocycles. The molecule has 0 unspecified atom stereocenters. The summed E-state index contributed by atoms with van der Waals surface area (Å²) in [4.78, 5) is 4.63. The number of hydrogen-bond donors (Lipinski definition) is 2. The van der Waals surface area contributed by atoms with E-state index in [1.54, 1.807) is 7.11 Å². The monoisotopic (exact) mass is 441 g/mol. The Labute approximate surface area is 159 Å². The van der Waals surface area contributed by atoms with Gasteiger partial charge in [0, 0.05) is 26.7 Å². The molecule has 0 heterocycles. The molecule has 1 saturated carbocycles. The zero-order valence-electron chi connectivity index (χ0n) is 14.9. The summed E-state index contributed by atoms with van der Waals surface area (Å²) in [6, 6.07) is 0. The number of nitrogens with one attached hydrogen (secondary N) is 2. The maximum absolute atomic E-state index is 5.43. The molecular formula is C17H36IN3O2. The van der Waals surface area contributed by atoms with Crippen molar-refractivity contribution in [2.75, 3.05) is 46.6 Å². The molecule has 1 aliphatic rings. The Bertz CT molecular complexity index is 285. The van der Waals surface area contributed by atoms with Crippen LogP contribution in [0.3, 0.4) is 0 Å². The standard InChI is InChI=1S/C17H35N3O2.HI/c1-3-18-17(20-12-13-22-15-14-21-2)19-11-7-6-10-16-8-4-5-9-16;/h16H,3-15H2,1-2H3,(H2,18,19,20);1H. The fourth-order valence-corrected chi connectivity index (χ4v) is 2.86. The summed E-state index contributed by atoms with van der Waals surface area (Å²) in [6.07, 6.45) is 9.71. The summed E-state index contributed by atoms with van der Waals surface area (Å²) in [5, 5.41) is 6.58. The molecule has 2 N–H and O–H groups in total. The van der Waals surface area contributed by atoms with Crippen molar-refractivity contribution < 1.29 is 9.47 Å². The second-order valence-corrected chi connectivity index (χ2v) is 5.94. The molecule has 0 radical (unpaired) electrons. The summed E-state index contributed by atoms with van der Waals surface area (Å²) in [5.41, 5.74) is 0. The number of ether oxygens (including phenoxy) is 2. The average Bonchev–Trinajstić information content (AvgIpc) is 3.03. The molecule has 0 aliphatic heterocycles. The van der Waals surface area contributed by atoms with E-state index in [-0.39, 0.29) is 24.0 Å². The number of nitrogens with zero attached hydrogens (tertiary/aromatic N) is 1. The Hall–Kier alpha value is -0.0800. The maximum atomic E-state index is 5.43. The average molecular weight is 441 g/mol. The maximum Gasteiger partial charge on any atom is 0.191 e. The zero-order valence-corrected chi connectivity index (χ0v) is 17.3. The van der Waals surface area contributed by atoms with E-state index in [2.05, 4.69) is 22.5 Å². The molecule has 0 atom stereocenters. The lowest BCUT2D eigenvalue weighted by Crippen LogP contribution is -2.39. The minimum absolute atomic E-state index is 0. The van der Waals surface area contributed by atoms with Crippen LogP contribution in [0.15, 0.2) is 4.99 Å². The number of hydrogen-bond acceptors (Lipinski definition) is 3. The van der Waals surface area contributed by atoms with Crippen LogP contribution in [-0.4, -0.2) is 52.5 Å². The lowest BCUT2D eigenvalue weighted by atomic mass is 10.0. The SMILES string of the molecule is CCNC(=NCCCCC1CCCC1)NCCOCCOC.I. The second-order valence-electron chi connectivity index (χ2n) is 5.94. The first-order valence-corrected chi connectivity index (χ1v) is 8.95. The zero-order chi connectivity index (χ0) is 15.9. The van der Waals surface area contributed by atoms with Crippen LogP contribution >= 0.6 is 24.0 Å². The smallest absolute Gasteiger partial charge is 0.191 e. The van der Waals surface area contributed by atoms with Crippen molar-refractivity contribution in [2.45, 2.75) is 51.9 Å². The molecule has 0 aromatic carbocycles. The van der Waals surface area contributed by atoms with Gasteiger partial charge in [0.1, 0.15) is 0 Å². The van der Waals surface area contributed by atoms with E-state index >= 15 is 0 Å². The number of aliphatic imine (C=N–C) groups is 1. The van der Waals surface area contributed by atoms with Gasteiger partial charge in [-0.05, 0) is 19.3 Å². The molecule has 1 fully saturated rings. The van der Waals surface area contributed by atoms with Gasteiger partial charge in [0.25, 0.3) is 0 Å². The number of halogens is 1. The quantitative estimate of drug-likeness (QED) is 0.212. The Balaban J connectivity index is 0.00000484.